The molecule has 1 aromatic carbocycles. The summed E-state index contributed by atoms with van der Waals surface area (Å²) < 4.78 is 2.75. The van der Waals surface area contributed by atoms with E-state index in [0.717, 1.165) is 15.8 Å². The number of carbonyl (C=O) groups excluding carboxylic acids is 1. The van der Waals surface area contributed by atoms with Gasteiger partial charge in [-0.2, -0.15) is 0 Å². The number of amides is 1. The number of para-hydroxylation sites is 1. The lowest BCUT2D eigenvalue weighted by atomic mass is 10.2. The van der Waals surface area contributed by atoms with Crippen LogP contribution >= 0.6 is 11.3 Å². The summed E-state index contributed by atoms with van der Waals surface area (Å²) in [6.07, 6.45) is 5.03. The minimum atomic E-state index is -0.337. The highest BCUT2D eigenvalue weighted by Gasteiger charge is 2.12. The van der Waals surface area contributed by atoms with Gasteiger partial charge >= 0.3 is 0 Å². The minimum absolute atomic E-state index is 0.231. The Hall–Kier alpha value is -3.13. The smallest absolute Gasteiger partial charge is 0.277 e. The molecule has 8 heteroatoms. The third kappa shape index (κ3) is 2.63. The Morgan fingerprint density at radius 1 is 1.21 bits per heavy atom. The zero-order chi connectivity index (χ0) is 16.5. The van der Waals surface area contributed by atoms with Gasteiger partial charge in [-0.1, -0.05) is 23.5 Å². The summed E-state index contributed by atoms with van der Waals surface area (Å²) in [6, 6.07) is 9.29. The quantitative estimate of drug-likeness (QED) is 0.622. The van der Waals surface area contributed by atoms with Gasteiger partial charge in [-0.15, -0.1) is 10.2 Å². The maximum Gasteiger partial charge on any atom is 0.277 e. The molecular weight excluding hydrogens is 324 g/mol. The third-order valence-electron chi connectivity index (χ3n) is 3.49. The second-order valence-electron chi connectivity index (χ2n) is 5.14. The second kappa shape index (κ2) is 5.82. The maximum atomic E-state index is 12.3. The minimum Gasteiger partial charge on any atom is -0.296 e. The van der Waals surface area contributed by atoms with Gasteiger partial charge < -0.3 is 0 Å². The van der Waals surface area contributed by atoms with Crippen molar-refractivity contribution in [2.75, 3.05) is 5.32 Å². The SMILES string of the molecule is Cc1cccc2sc(NC(=O)c3ccc(-n4ccnc4)nn3)nc12. The molecule has 0 bridgehead atoms. The Morgan fingerprint density at radius 2 is 2.12 bits per heavy atom. The summed E-state index contributed by atoms with van der Waals surface area (Å²) in [4.78, 5) is 20.7. The number of carbonyl (C=O) groups is 1. The molecule has 0 radical (unpaired) electrons. The van der Waals surface area contributed by atoms with Gasteiger partial charge in [0.15, 0.2) is 16.6 Å². The van der Waals surface area contributed by atoms with Crippen LogP contribution in [-0.2, 0) is 0 Å². The Labute approximate surface area is 141 Å². The molecule has 0 aliphatic carbocycles. The van der Waals surface area contributed by atoms with Gasteiger partial charge in [0, 0.05) is 12.4 Å². The first kappa shape index (κ1) is 14.5. The van der Waals surface area contributed by atoms with Crippen LogP contribution in [0.2, 0.25) is 0 Å². The Morgan fingerprint density at radius 3 is 2.83 bits per heavy atom. The molecule has 1 amide bonds. The van der Waals surface area contributed by atoms with Crippen molar-refractivity contribution in [3.05, 3.63) is 60.3 Å². The van der Waals surface area contributed by atoms with Crippen LogP contribution in [0.25, 0.3) is 16.0 Å². The molecule has 7 nitrogen and oxygen atoms in total. The zero-order valence-corrected chi connectivity index (χ0v) is 13.5. The molecule has 0 saturated heterocycles. The maximum absolute atomic E-state index is 12.3. The van der Waals surface area contributed by atoms with E-state index in [1.807, 2.05) is 25.1 Å². The van der Waals surface area contributed by atoms with Crippen LogP contribution < -0.4 is 5.32 Å². The number of anilines is 1. The molecule has 3 aromatic heterocycles. The first-order chi connectivity index (χ1) is 11.7. The number of nitrogens with one attached hydrogen (secondary N) is 1. The average molecular weight is 336 g/mol. The van der Waals surface area contributed by atoms with Crippen LogP contribution in [0.15, 0.2) is 49.1 Å². The van der Waals surface area contributed by atoms with Crippen LogP contribution in [0.1, 0.15) is 16.1 Å². The van der Waals surface area contributed by atoms with Crippen LogP contribution in [0.5, 0.6) is 0 Å². The lowest BCUT2D eigenvalue weighted by molar-refractivity contribution is 0.102. The van der Waals surface area contributed by atoms with Crippen molar-refractivity contribution in [3.63, 3.8) is 0 Å². The van der Waals surface area contributed by atoms with E-state index in [2.05, 4.69) is 25.5 Å². The molecule has 4 aromatic rings. The van der Waals surface area contributed by atoms with E-state index in [0.29, 0.717) is 10.9 Å². The summed E-state index contributed by atoms with van der Waals surface area (Å²) in [5, 5.41) is 11.3. The summed E-state index contributed by atoms with van der Waals surface area (Å²) in [5.74, 6) is 0.260. The molecule has 0 saturated carbocycles. The summed E-state index contributed by atoms with van der Waals surface area (Å²) in [7, 11) is 0. The van der Waals surface area contributed by atoms with Gasteiger partial charge in [0.05, 0.1) is 10.2 Å². The van der Waals surface area contributed by atoms with E-state index >= 15 is 0 Å². The van der Waals surface area contributed by atoms with Gasteiger partial charge in [-0.05, 0) is 30.7 Å². The molecule has 1 N–H and O–H groups in total. The number of aromatic nitrogens is 5. The molecule has 0 spiro atoms. The Balaban J connectivity index is 1.56. The molecule has 0 fully saturated rings. The van der Waals surface area contributed by atoms with Crippen molar-refractivity contribution in [2.24, 2.45) is 0 Å². The molecule has 0 aliphatic heterocycles. The Kier molecular flexibility index (Phi) is 3.51. The number of aryl methyl sites for hydroxylation is 1. The monoisotopic (exact) mass is 336 g/mol. The third-order valence-corrected chi connectivity index (χ3v) is 4.43. The number of thiazole rings is 1. The molecule has 24 heavy (non-hydrogen) atoms. The van der Waals surface area contributed by atoms with Gasteiger partial charge in [-0.3, -0.25) is 14.7 Å². The van der Waals surface area contributed by atoms with Gasteiger partial charge in [0.25, 0.3) is 5.91 Å². The van der Waals surface area contributed by atoms with Crippen molar-refractivity contribution in [1.82, 2.24) is 24.7 Å². The number of hydrogen-bond acceptors (Lipinski definition) is 6. The zero-order valence-electron chi connectivity index (χ0n) is 12.7. The highest BCUT2D eigenvalue weighted by atomic mass is 32.1. The fourth-order valence-corrected chi connectivity index (χ4v) is 3.22. The number of imidazole rings is 1. The van der Waals surface area contributed by atoms with E-state index in [4.69, 9.17) is 0 Å². The topological polar surface area (TPSA) is 85.6 Å². The van der Waals surface area contributed by atoms with Gasteiger partial charge in [-0.25, -0.2) is 9.97 Å². The molecule has 118 valence electrons. The highest BCUT2D eigenvalue weighted by molar-refractivity contribution is 7.22. The predicted octanol–water partition coefficient (Wildman–Crippen LogP) is 2.83. The normalized spacial score (nSPS) is 10.9. The summed E-state index contributed by atoms with van der Waals surface area (Å²) in [6.45, 7) is 1.99. The average Bonchev–Trinajstić information content (AvgIpc) is 3.25. The van der Waals surface area contributed by atoms with E-state index in [9.17, 15) is 4.79 Å². The second-order valence-corrected chi connectivity index (χ2v) is 6.17. The van der Waals surface area contributed by atoms with Gasteiger partial charge in [0.1, 0.15) is 6.33 Å². The van der Waals surface area contributed by atoms with Crippen LogP contribution in [0.3, 0.4) is 0 Å². The summed E-state index contributed by atoms with van der Waals surface area (Å²) >= 11 is 1.43. The Bertz CT molecular complexity index is 1010. The molecule has 4 rings (SSSR count). The predicted molar refractivity (Wildman–Crippen MR) is 91.5 cm³/mol. The molecule has 0 atom stereocenters. The number of nitrogens with zero attached hydrogens (tertiary/aromatic N) is 5. The first-order valence-corrected chi connectivity index (χ1v) is 8.02. The number of benzene rings is 1. The fraction of sp³-hybridized carbons (Fsp3) is 0.0625. The van der Waals surface area contributed by atoms with Crippen molar-refractivity contribution in [3.8, 4) is 5.82 Å². The summed E-state index contributed by atoms with van der Waals surface area (Å²) in [5.41, 5.74) is 2.21. The van der Waals surface area contributed by atoms with E-state index in [-0.39, 0.29) is 11.6 Å². The fourth-order valence-electron chi connectivity index (χ4n) is 2.28. The standard InChI is InChI=1S/C16H12N6OS/c1-10-3-2-4-12-14(10)18-16(24-12)19-15(23)11-5-6-13(21-20-11)22-8-7-17-9-22/h2-9H,1H3,(H,18,19,23). The van der Waals surface area contributed by atoms with Crippen LogP contribution in [0, 0.1) is 6.92 Å². The lowest BCUT2D eigenvalue weighted by Crippen LogP contribution is -2.14. The van der Waals surface area contributed by atoms with Gasteiger partial charge in [0.2, 0.25) is 0 Å². The number of fused-ring (bicyclic) bond motifs is 1. The van der Waals surface area contributed by atoms with E-state index < -0.39 is 0 Å². The number of hydrogen-bond donors (Lipinski definition) is 1. The molecule has 3 heterocycles. The lowest BCUT2D eigenvalue weighted by Gasteiger charge is -2.02. The van der Waals surface area contributed by atoms with Crippen molar-refractivity contribution in [1.29, 1.82) is 0 Å². The van der Waals surface area contributed by atoms with Crippen molar-refractivity contribution in [2.45, 2.75) is 6.92 Å². The molecule has 0 unspecified atom stereocenters. The number of rotatable bonds is 3. The van der Waals surface area contributed by atoms with E-state index in [1.54, 1.807) is 35.4 Å². The first-order valence-electron chi connectivity index (χ1n) is 7.20. The van der Waals surface area contributed by atoms with E-state index in [1.165, 1.54) is 11.3 Å². The molecular formula is C16H12N6OS. The van der Waals surface area contributed by atoms with Crippen molar-refractivity contribution < 1.29 is 4.79 Å². The van der Waals surface area contributed by atoms with Crippen LogP contribution in [0.4, 0.5) is 5.13 Å². The largest absolute Gasteiger partial charge is 0.296 e. The van der Waals surface area contributed by atoms with Crippen LogP contribution in [-0.4, -0.2) is 30.6 Å². The van der Waals surface area contributed by atoms with Crippen molar-refractivity contribution >= 4 is 32.6 Å². The molecule has 0 aliphatic rings. The highest BCUT2D eigenvalue weighted by Crippen LogP contribution is 2.28.